The van der Waals surface area contributed by atoms with E-state index < -0.39 is 20.7 Å². The number of hydrogen-bond donors (Lipinski definition) is 1. The van der Waals surface area contributed by atoms with Gasteiger partial charge in [0.1, 0.15) is 41.7 Å². The Morgan fingerprint density at radius 2 is 1.93 bits per heavy atom. The highest BCUT2D eigenvalue weighted by Gasteiger charge is 2.38. The van der Waals surface area contributed by atoms with E-state index in [4.69, 9.17) is 30.5 Å². The number of fused-ring (bicyclic) bond motifs is 1. The number of nitrogens with one attached hydrogen (secondary N) is 1. The third kappa shape index (κ3) is 7.89. The maximum absolute atomic E-state index is 13.5. The quantitative estimate of drug-likeness (QED) is 0.129. The van der Waals surface area contributed by atoms with Gasteiger partial charge in [-0.3, -0.25) is 0 Å². The van der Waals surface area contributed by atoms with E-state index in [2.05, 4.69) is 15.3 Å². The Balaban J connectivity index is 1.32. The van der Waals surface area contributed by atoms with Gasteiger partial charge in [0.05, 0.1) is 41.5 Å². The van der Waals surface area contributed by atoms with E-state index >= 15 is 0 Å². The minimum Gasteiger partial charge on any atom is -0.496 e. The highest BCUT2D eigenvalue weighted by molar-refractivity contribution is 7.92. The number of methoxy groups -OCH3 is 1. The lowest BCUT2D eigenvalue weighted by atomic mass is 9.85. The monoisotopic (exact) mass is 669 g/mol. The lowest BCUT2D eigenvalue weighted by molar-refractivity contribution is 0.0191. The molecule has 1 atom stereocenters. The first-order valence-corrected chi connectivity index (χ1v) is 17.1. The Hall–Kier alpha value is -3.93. The highest BCUT2D eigenvalue weighted by Crippen LogP contribution is 2.45. The summed E-state index contributed by atoms with van der Waals surface area (Å²) >= 11 is 6.54. The van der Waals surface area contributed by atoms with E-state index in [0.717, 1.165) is 10.9 Å². The van der Waals surface area contributed by atoms with E-state index in [1.54, 1.807) is 51.5 Å². The summed E-state index contributed by atoms with van der Waals surface area (Å²) in [5, 5.41) is 4.06. The summed E-state index contributed by atoms with van der Waals surface area (Å²) in [6, 6.07) is 15.4. The Kier molecular flexibility index (Phi) is 10.7. The first-order chi connectivity index (χ1) is 22.1. The molecule has 0 aliphatic carbocycles. The first-order valence-electron chi connectivity index (χ1n) is 15.0. The normalized spacial score (nSPS) is 16.1. The van der Waals surface area contributed by atoms with Crippen LogP contribution >= 0.6 is 11.6 Å². The third-order valence-corrected chi connectivity index (χ3v) is 10.3. The fourth-order valence-corrected chi connectivity index (χ4v) is 6.29. The van der Waals surface area contributed by atoms with Crippen molar-refractivity contribution in [3.05, 3.63) is 95.2 Å². The molecule has 1 aliphatic rings. The molecular formula is C34H37ClFN3O6S. The van der Waals surface area contributed by atoms with Crippen LogP contribution in [0, 0.1) is 5.82 Å². The molecule has 5 rings (SSSR count). The molecule has 1 aromatic heterocycles. The molecule has 1 unspecified atom stereocenters. The Bertz CT molecular complexity index is 1810. The average molecular weight is 670 g/mol. The molecule has 12 heteroatoms. The number of ether oxygens (including phenoxy) is 4. The van der Waals surface area contributed by atoms with Crippen LogP contribution in [-0.4, -0.2) is 49.7 Å². The summed E-state index contributed by atoms with van der Waals surface area (Å²) in [6.45, 7) is 4.07. The maximum atomic E-state index is 13.5. The minimum atomic E-state index is -3.15. The van der Waals surface area contributed by atoms with Gasteiger partial charge < -0.3 is 24.3 Å². The molecule has 0 saturated carbocycles. The van der Waals surface area contributed by atoms with Crippen LogP contribution in [-0.2, 0) is 31.5 Å². The fourth-order valence-electron chi connectivity index (χ4n) is 5.24. The minimum absolute atomic E-state index is 0.00197. The van der Waals surface area contributed by atoms with Crippen molar-refractivity contribution in [2.45, 2.75) is 50.6 Å². The molecule has 0 saturated heterocycles. The van der Waals surface area contributed by atoms with Gasteiger partial charge in [-0.05, 0) is 74.7 Å². The molecule has 0 radical (unpaired) electrons. The number of nitrogens with zero attached hydrogens (tertiary/aromatic N) is 2. The zero-order valence-corrected chi connectivity index (χ0v) is 27.5. The SMILES string of the molecule is COc1cc2ncnc(Nc3ccc(OCc4cccc(F)c4)c(Cl)c3)c2cc1C1(CCCOCCS(=O)(=O)C(C)C)CC=CO1. The van der Waals surface area contributed by atoms with Gasteiger partial charge in [0.25, 0.3) is 0 Å². The maximum Gasteiger partial charge on any atom is 0.154 e. The average Bonchev–Trinajstić information content (AvgIpc) is 3.51. The Morgan fingerprint density at radius 1 is 1.09 bits per heavy atom. The molecule has 0 fully saturated rings. The second kappa shape index (κ2) is 14.7. The van der Waals surface area contributed by atoms with Crippen LogP contribution in [0.15, 0.2) is 73.3 Å². The Morgan fingerprint density at radius 3 is 2.65 bits per heavy atom. The van der Waals surface area contributed by atoms with Crippen LogP contribution in [0.3, 0.4) is 0 Å². The number of hydrogen-bond acceptors (Lipinski definition) is 9. The predicted octanol–water partition coefficient (Wildman–Crippen LogP) is 7.50. The van der Waals surface area contributed by atoms with Crippen LogP contribution < -0.4 is 14.8 Å². The van der Waals surface area contributed by atoms with Gasteiger partial charge in [0, 0.05) is 35.7 Å². The number of halogens is 2. The smallest absolute Gasteiger partial charge is 0.154 e. The number of aromatic nitrogens is 2. The van der Waals surface area contributed by atoms with Gasteiger partial charge in [-0.15, -0.1) is 0 Å². The van der Waals surface area contributed by atoms with Crippen molar-refractivity contribution in [3.8, 4) is 11.5 Å². The van der Waals surface area contributed by atoms with Crippen LogP contribution in [0.1, 0.15) is 44.2 Å². The van der Waals surface area contributed by atoms with Gasteiger partial charge in [-0.2, -0.15) is 0 Å². The molecule has 46 heavy (non-hydrogen) atoms. The second-order valence-corrected chi connectivity index (χ2v) is 14.4. The van der Waals surface area contributed by atoms with Crippen molar-refractivity contribution in [1.82, 2.24) is 9.97 Å². The van der Waals surface area contributed by atoms with E-state index in [-0.39, 0.29) is 24.8 Å². The van der Waals surface area contributed by atoms with E-state index in [1.807, 2.05) is 24.3 Å². The molecule has 2 heterocycles. The van der Waals surface area contributed by atoms with Crippen LogP contribution in [0.4, 0.5) is 15.9 Å². The summed E-state index contributed by atoms with van der Waals surface area (Å²) in [4.78, 5) is 8.99. The molecule has 4 aromatic rings. The van der Waals surface area contributed by atoms with Crippen molar-refractivity contribution in [1.29, 1.82) is 0 Å². The van der Waals surface area contributed by atoms with E-state index in [1.165, 1.54) is 18.5 Å². The van der Waals surface area contributed by atoms with Gasteiger partial charge in [-0.25, -0.2) is 22.8 Å². The summed E-state index contributed by atoms with van der Waals surface area (Å²) in [7, 11) is -1.54. The molecular weight excluding hydrogens is 633 g/mol. The number of benzene rings is 3. The van der Waals surface area contributed by atoms with Crippen LogP contribution in [0.2, 0.25) is 5.02 Å². The molecule has 244 valence electrons. The predicted molar refractivity (Wildman–Crippen MR) is 177 cm³/mol. The standard InChI is InChI=1S/C34H37ClFN3O6S/c1-23(2)46(40,41)16-15-43-13-5-11-34(12-6-14-45-34)28-19-27-30(20-32(28)42-3)37-22-38-33(27)39-26-9-10-31(29(35)18-26)44-21-24-7-4-8-25(36)17-24/h4,6-10,14,17-20,22-23H,5,11-13,15-16,21H2,1-3H3,(H,37,38,39). The third-order valence-electron chi connectivity index (χ3n) is 7.86. The first kappa shape index (κ1) is 33.4. The highest BCUT2D eigenvalue weighted by atomic mass is 35.5. The topological polar surface area (TPSA) is 109 Å². The van der Waals surface area contributed by atoms with Crippen molar-refractivity contribution in [3.63, 3.8) is 0 Å². The summed E-state index contributed by atoms with van der Waals surface area (Å²) in [5.41, 5.74) is 2.19. The van der Waals surface area contributed by atoms with Gasteiger partial charge >= 0.3 is 0 Å². The summed E-state index contributed by atoms with van der Waals surface area (Å²) in [5.74, 6) is 1.33. The molecule has 0 spiro atoms. The molecule has 9 nitrogen and oxygen atoms in total. The lowest BCUT2D eigenvalue weighted by Gasteiger charge is -2.31. The van der Waals surface area contributed by atoms with Gasteiger partial charge in [0.15, 0.2) is 9.84 Å². The molecule has 1 N–H and O–H groups in total. The molecule has 0 amide bonds. The van der Waals surface area contributed by atoms with Crippen molar-refractivity contribution < 1.29 is 31.8 Å². The van der Waals surface area contributed by atoms with Crippen molar-refractivity contribution in [2.75, 3.05) is 31.4 Å². The molecule has 1 aliphatic heterocycles. The molecule has 0 bridgehead atoms. The van der Waals surface area contributed by atoms with Crippen LogP contribution in [0.5, 0.6) is 11.5 Å². The van der Waals surface area contributed by atoms with Gasteiger partial charge in [-0.1, -0.05) is 23.7 Å². The Labute approximate surface area is 273 Å². The largest absolute Gasteiger partial charge is 0.496 e. The zero-order chi connectivity index (χ0) is 32.7. The fraction of sp³-hybridized carbons (Fsp3) is 0.353. The lowest BCUT2D eigenvalue weighted by Crippen LogP contribution is -2.26. The molecule has 3 aromatic carbocycles. The van der Waals surface area contributed by atoms with E-state index in [0.29, 0.717) is 65.0 Å². The summed E-state index contributed by atoms with van der Waals surface area (Å²) < 4.78 is 61.2. The van der Waals surface area contributed by atoms with E-state index in [9.17, 15) is 12.8 Å². The summed E-state index contributed by atoms with van der Waals surface area (Å²) in [6.07, 6.45) is 7.03. The second-order valence-electron chi connectivity index (χ2n) is 11.3. The zero-order valence-electron chi connectivity index (χ0n) is 26.0. The number of anilines is 2. The van der Waals surface area contributed by atoms with Gasteiger partial charge in [0.2, 0.25) is 0 Å². The van der Waals surface area contributed by atoms with Crippen molar-refractivity contribution >= 4 is 43.8 Å². The number of rotatable bonds is 15. The van der Waals surface area contributed by atoms with Crippen LogP contribution in [0.25, 0.3) is 10.9 Å². The number of sulfone groups is 1. The van der Waals surface area contributed by atoms with Crippen molar-refractivity contribution in [2.24, 2.45) is 0 Å².